The van der Waals surface area contributed by atoms with Crippen LogP contribution in [-0.2, 0) is 11.4 Å². The van der Waals surface area contributed by atoms with E-state index in [9.17, 15) is 15.3 Å². The fourth-order valence-electron chi connectivity index (χ4n) is 3.35. The molecule has 35 heavy (non-hydrogen) atoms. The second-order valence-corrected chi connectivity index (χ2v) is 8.17. The van der Waals surface area contributed by atoms with E-state index in [1.54, 1.807) is 30.3 Å². The number of hydrogen-bond donors (Lipinski definition) is 1. The zero-order chi connectivity index (χ0) is 25.4. The van der Waals surface area contributed by atoms with E-state index in [0.29, 0.717) is 40.5 Å². The number of nitriles is 2. The number of amides is 1. The van der Waals surface area contributed by atoms with E-state index in [-0.39, 0.29) is 17.2 Å². The number of carbonyl (C=O) groups is 1. The lowest BCUT2D eigenvalue weighted by Crippen LogP contribution is -2.14. The summed E-state index contributed by atoms with van der Waals surface area (Å²) >= 11 is 6.50. The van der Waals surface area contributed by atoms with Gasteiger partial charge in [-0.25, -0.2) is 0 Å². The molecular formula is C28H24ClN3O3. The third-order valence-electron chi connectivity index (χ3n) is 5.16. The number of halogens is 1. The van der Waals surface area contributed by atoms with Gasteiger partial charge in [-0.15, -0.1) is 0 Å². The molecule has 0 aromatic heterocycles. The zero-order valence-corrected chi connectivity index (χ0v) is 20.4. The molecular weight excluding hydrogens is 462 g/mol. The van der Waals surface area contributed by atoms with Gasteiger partial charge in [0.1, 0.15) is 18.2 Å². The number of ether oxygens (including phenoxy) is 2. The molecule has 0 spiro atoms. The Morgan fingerprint density at radius 3 is 2.57 bits per heavy atom. The molecule has 0 radical (unpaired) electrons. The van der Waals surface area contributed by atoms with Crippen molar-refractivity contribution in [3.8, 4) is 23.6 Å². The Morgan fingerprint density at radius 2 is 1.86 bits per heavy atom. The Balaban J connectivity index is 1.88. The third-order valence-corrected chi connectivity index (χ3v) is 5.44. The van der Waals surface area contributed by atoms with E-state index in [2.05, 4.69) is 11.4 Å². The average Bonchev–Trinajstić information content (AvgIpc) is 2.84. The van der Waals surface area contributed by atoms with Crippen molar-refractivity contribution in [2.75, 3.05) is 11.9 Å². The van der Waals surface area contributed by atoms with Crippen LogP contribution in [0.25, 0.3) is 6.08 Å². The second kappa shape index (κ2) is 11.7. The molecule has 3 aromatic rings. The van der Waals surface area contributed by atoms with Crippen LogP contribution in [0, 0.1) is 36.5 Å². The maximum absolute atomic E-state index is 12.8. The molecule has 0 atom stereocenters. The zero-order valence-electron chi connectivity index (χ0n) is 19.7. The van der Waals surface area contributed by atoms with E-state index in [0.717, 1.165) is 11.1 Å². The number of hydrogen-bond acceptors (Lipinski definition) is 5. The number of nitrogens with zero attached hydrogens (tertiary/aromatic N) is 2. The van der Waals surface area contributed by atoms with Gasteiger partial charge in [-0.2, -0.15) is 10.5 Å². The summed E-state index contributed by atoms with van der Waals surface area (Å²) < 4.78 is 11.6. The van der Waals surface area contributed by atoms with Crippen LogP contribution >= 0.6 is 11.6 Å². The molecule has 0 fully saturated rings. The van der Waals surface area contributed by atoms with Gasteiger partial charge >= 0.3 is 0 Å². The van der Waals surface area contributed by atoms with Gasteiger partial charge in [-0.1, -0.05) is 41.9 Å². The first-order valence-electron chi connectivity index (χ1n) is 10.9. The van der Waals surface area contributed by atoms with Crippen LogP contribution in [0.4, 0.5) is 5.69 Å². The van der Waals surface area contributed by atoms with Gasteiger partial charge in [0, 0.05) is 11.3 Å². The standard InChI is InChI=1S/C28H24ClN3O3/c1-4-34-26-14-20(12-23(16-31)28(33)32-25-11-18(2)9-10-19(25)3)13-24(29)27(26)35-17-22-8-6-5-7-21(22)15-30/h5-14H,4,17H2,1-3H3,(H,32,33)/b23-12+. The van der Waals surface area contributed by atoms with Crippen LogP contribution in [0.2, 0.25) is 5.02 Å². The number of rotatable bonds is 8. The Bertz CT molecular complexity index is 1370. The molecule has 0 aliphatic heterocycles. The average molecular weight is 486 g/mol. The first-order chi connectivity index (χ1) is 16.9. The SMILES string of the molecule is CCOc1cc(/C=C(\C#N)C(=O)Nc2cc(C)ccc2C)cc(Cl)c1OCc1ccccc1C#N. The number of carbonyl (C=O) groups excluding carboxylic acids is 1. The minimum atomic E-state index is -0.524. The number of benzene rings is 3. The van der Waals surface area contributed by atoms with Crippen molar-refractivity contribution in [1.29, 1.82) is 10.5 Å². The second-order valence-electron chi connectivity index (χ2n) is 7.76. The molecule has 0 aliphatic rings. The van der Waals surface area contributed by atoms with Crippen molar-refractivity contribution in [3.05, 3.63) is 93.0 Å². The molecule has 7 heteroatoms. The van der Waals surface area contributed by atoms with Crippen LogP contribution in [0.15, 0.2) is 60.2 Å². The summed E-state index contributed by atoms with van der Waals surface area (Å²) in [5, 5.41) is 22.0. The van der Waals surface area contributed by atoms with E-state index in [4.69, 9.17) is 21.1 Å². The first-order valence-corrected chi connectivity index (χ1v) is 11.3. The lowest BCUT2D eigenvalue weighted by atomic mass is 10.1. The fourth-order valence-corrected chi connectivity index (χ4v) is 3.63. The highest BCUT2D eigenvalue weighted by atomic mass is 35.5. The minimum Gasteiger partial charge on any atom is -0.490 e. The van der Waals surface area contributed by atoms with Crippen molar-refractivity contribution in [1.82, 2.24) is 0 Å². The summed E-state index contributed by atoms with van der Waals surface area (Å²) in [5.74, 6) is 0.161. The summed E-state index contributed by atoms with van der Waals surface area (Å²) in [6.07, 6.45) is 1.45. The maximum atomic E-state index is 12.8. The van der Waals surface area contributed by atoms with Gasteiger partial charge in [0.15, 0.2) is 11.5 Å². The monoisotopic (exact) mass is 485 g/mol. The predicted molar refractivity (Wildman–Crippen MR) is 136 cm³/mol. The minimum absolute atomic E-state index is 0.0824. The summed E-state index contributed by atoms with van der Waals surface area (Å²) in [4.78, 5) is 12.8. The van der Waals surface area contributed by atoms with E-state index in [1.807, 2.05) is 51.1 Å². The van der Waals surface area contributed by atoms with E-state index < -0.39 is 5.91 Å². The van der Waals surface area contributed by atoms with Crippen molar-refractivity contribution in [2.24, 2.45) is 0 Å². The Labute approximate surface area is 210 Å². The largest absolute Gasteiger partial charge is 0.490 e. The Morgan fingerprint density at radius 1 is 1.09 bits per heavy atom. The Kier molecular flexibility index (Phi) is 8.51. The van der Waals surface area contributed by atoms with Gasteiger partial charge in [-0.3, -0.25) is 4.79 Å². The topological polar surface area (TPSA) is 95.1 Å². The van der Waals surface area contributed by atoms with Crippen LogP contribution in [0.3, 0.4) is 0 Å². The molecule has 0 aliphatic carbocycles. The highest BCUT2D eigenvalue weighted by Gasteiger charge is 2.16. The van der Waals surface area contributed by atoms with E-state index in [1.165, 1.54) is 6.08 Å². The quantitative estimate of drug-likeness (QED) is 0.296. The number of anilines is 1. The highest BCUT2D eigenvalue weighted by molar-refractivity contribution is 6.32. The molecule has 1 amide bonds. The third kappa shape index (κ3) is 6.41. The Hall–Kier alpha value is -4.26. The predicted octanol–water partition coefficient (Wildman–Crippen LogP) is 6.35. The molecule has 0 bridgehead atoms. The summed E-state index contributed by atoms with van der Waals surface area (Å²) in [6, 6.07) is 20.2. The summed E-state index contributed by atoms with van der Waals surface area (Å²) in [6.45, 7) is 6.11. The van der Waals surface area contributed by atoms with Crippen molar-refractivity contribution < 1.29 is 14.3 Å². The molecule has 0 heterocycles. The molecule has 0 saturated heterocycles. The first kappa shape index (κ1) is 25.4. The fraction of sp³-hybridized carbons (Fsp3) is 0.179. The van der Waals surface area contributed by atoms with Crippen molar-refractivity contribution >= 4 is 29.3 Å². The van der Waals surface area contributed by atoms with Gasteiger partial charge in [0.05, 0.1) is 23.3 Å². The van der Waals surface area contributed by atoms with Gasteiger partial charge < -0.3 is 14.8 Å². The normalized spacial score (nSPS) is 10.7. The lowest BCUT2D eigenvalue weighted by molar-refractivity contribution is -0.112. The van der Waals surface area contributed by atoms with Crippen LogP contribution < -0.4 is 14.8 Å². The smallest absolute Gasteiger partial charge is 0.266 e. The number of aryl methyl sites for hydroxylation is 2. The van der Waals surface area contributed by atoms with Gasteiger partial charge in [0.2, 0.25) is 0 Å². The van der Waals surface area contributed by atoms with Crippen molar-refractivity contribution in [3.63, 3.8) is 0 Å². The van der Waals surface area contributed by atoms with Gasteiger partial charge in [0.25, 0.3) is 5.91 Å². The van der Waals surface area contributed by atoms with Gasteiger partial charge in [-0.05, 0) is 67.8 Å². The molecule has 1 N–H and O–H groups in total. The molecule has 0 saturated carbocycles. The van der Waals surface area contributed by atoms with E-state index >= 15 is 0 Å². The molecule has 176 valence electrons. The highest BCUT2D eigenvalue weighted by Crippen LogP contribution is 2.38. The van der Waals surface area contributed by atoms with Crippen LogP contribution in [0.5, 0.6) is 11.5 Å². The molecule has 3 rings (SSSR count). The van der Waals surface area contributed by atoms with Crippen LogP contribution in [-0.4, -0.2) is 12.5 Å². The molecule has 6 nitrogen and oxygen atoms in total. The van der Waals surface area contributed by atoms with Crippen LogP contribution in [0.1, 0.15) is 34.7 Å². The lowest BCUT2D eigenvalue weighted by Gasteiger charge is -2.15. The number of nitrogens with one attached hydrogen (secondary N) is 1. The van der Waals surface area contributed by atoms with Crippen molar-refractivity contribution in [2.45, 2.75) is 27.4 Å². The summed E-state index contributed by atoms with van der Waals surface area (Å²) in [5.41, 5.74) is 4.18. The molecule has 0 unspecified atom stereocenters. The molecule has 3 aromatic carbocycles. The maximum Gasteiger partial charge on any atom is 0.266 e. The summed E-state index contributed by atoms with van der Waals surface area (Å²) in [7, 11) is 0.